The Kier molecular flexibility index (Phi) is 4.00. The lowest BCUT2D eigenvalue weighted by Crippen LogP contribution is -2.35. The third kappa shape index (κ3) is 3.25. The molecular formula is C20H19BrFN5. The van der Waals surface area contributed by atoms with Gasteiger partial charge in [-0.15, -0.1) is 5.10 Å². The molecule has 27 heavy (non-hydrogen) atoms. The van der Waals surface area contributed by atoms with Crippen molar-refractivity contribution in [2.24, 2.45) is 5.41 Å². The highest BCUT2D eigenvalue weighted by atomic mass is 79.9. The summed E-state index contributed by atoms with van der Waals surface area (Å²) < 4.78 is 16.2. The lowest BCUT2D eigenvalue weighted by atomic mass is 9.93. The highest BCUT2D eigenvalue weighted by molar-refractivity contribution is 9.10. The van der Waals surface area contributed by atoms with Crippen molar-refractivity contribution in [3.8, 4) is 17.1 Å². The standard InChI is InChI=1S/C20H19BrFN5/c21-14-4-5-17(18(12-14)26-10-8-20(6-7-20)9-11-26)27-13-16(24-25-27)15-2-1-3-19(22)23-15/h1-5,12-13H,6-11H2. The predicted octanol–water partition coefficient (Wildman–Crippen LogP) is 4.61. The zero-order chi connectivity index (χ0) is 18.4. The maximum atomic E-state index is 13.4. The Bertz CT molecular complexity index is 988. The SMILES string of the molecule is Fc1cccc(-c2cn(-c3ccc(Br)cc3N3CCC4(CC3)CC4)nn2)n1. The average Bonchev–Trinajstić information content (AvgIpc) is 3.24. The van der Waals surface area contributed by atoms with Crippen LogP contribution in [0.15, 0.2) is 47.1 Å². The topological polar surface area (TPSA) is 46.8 Å². The fourth-order valence-electron chi connectivity index (χ4n) is 3.89. The smallest absolute Gasteiger partial charge is 0.213 e. The number of pyridine rings is 1. The molecule has 0 atom stereocenters. The van der Waals surface area contributed by atoms with Gasteiger partial charge in [0.05, 0.1) is 23.3 Å². The van der Waals surface area contributed by atoms with Crippen molar-refractivity contribution in [3.05, 3.63) is 53.0 Å². The molecule has 2 aliphatic rings. The number of hydrogen-bond acceptors (Lipinski definition) is 4. The zero-order valence-electron chi connectivity index (χ0n) is 14.8. The second-order valence-electron chi connectivity index (χ2n) is 7.51. The molecule has 5 nitrogen and oxygen atoms in total. The minimum absolute atomic E-state index is 0.480. The van der Waals surface area contributed by atoms with Crippen molar-refractivity contribution < 1.29 is 4.39 Å². The maximum Gasteiger partial charge on any atom is 0.213 e. The number of piperidine rings is 1. The number of nitrogens with zero attached hydrogens (tertiary/aromatic N) is 5. The molecule has 7 heteroatoms. The van der Waals surface area contributed by atoms with E-state index < -0.39 is 5.95 Å². The van der Waals surface area contributed by atoms with Crippen molar-refractivity contribution in [2.45, 2.75) is 25.7 Å². The molecular weight excluding hydrogens is 409 g/mol. The van der Waals surface area contributed by atoms with Crippen molar-refractivity contribution in [2.75, 3.05) is 18.0 Å². The Hall–Kier alpha value is -2.28. The number of rotatable bonds is 3. The van der Waals surface area contributed by atoms with E-state index in [2.05, 4.69) is 42.2 Å². The number of hydrogen-bond donors (Lipinski definition) is 0. The van der Waals surface area contributed by atoms with E-state index in [1.165, 1.54) is 31.7 Å². The second kappa shape index (κ2) is 6.41. The van der Waals surface area contributed by atoms with Crippen LogP contribution in [0.25, 0.3) is 17.1 Å². The Morgan fingerprint density at radius 2 is 1.78 bits per heavy atom. The van der Waals surface area contributed by atoms with Gasteiger partial charge in [0.15, 0.2) is 0 Å². The van der Waals surface area contributed by atoms with Crippen LogP contribution in [-0.4, -0.2) is 33.1 Å². The summed E-state index contributed by atoms with van der Waals surface area (Å²) in [7, 11) is 0. The molecule has 0 amide bonds. The van der Waals surface area contributed by atoms with Gasteiger partial charge in [-0.3, -0.25) is 0 Å². The lowest BCUT2D eigenvalue weighted by molar-refractivity contribution is 0.384. The van der Waals surface area contributed by atoms with Gasteiger partial charge in [-0.25, -0.2) is 9.67 Å². The normalized spacial score (nSPS) is 18.1. The third-order valence-electron chi connectivity index (χ3n) is 5.78. The van der Waals surface area contributed by atoms with Crippen LogP contribution in [0.1, 0.15) is 25.7 Å². The molecule has 0 radical (unpaired) electrons. The molecule has 3 aromatic rings. The third-order valence-corrected chi connectivity index (χ3v) is 6.27. The predicted molar refractivity (Wildman–Crippen MR) is 105 cm³/mol. The molecule has 5 rings (SSSR count). The van der Waals surface area contributed by atoms with Crippen LogP contribution in [-0.2, 0) is 0 Å². The maximum absolute atomic E-state index is 13.4. The van der Waals surface area contributed by atoms with Crippen molar-refractivity contribution in [3.63, 3.8) is 0 Å². The van der Waals surface area contributed by atoms with Gasteiger partial charge in [0, 0.05) is 17.6 Å². The largest absolute Gasteiger partial charge is 0.370 e. The van der Waals surface area contributed by atoms with Gasteiger partial charge in [0.25, 0.3) is 0 Å². The van der Waals surface area contributed by atoms with Gasteiger partial charge in [0.1, 0.15) is 5.69 Å². The number of benzene rings is 1. The first kappa shape index (κ1) is 16.9. The summed E-state index contributed by atoms with van der Waals surface area (Å²) in [6, 6.07) is 10.9. The Morgan fingerprint density at radius 3 is 2.52 bits per heavy atom. The highest BCUT2D eigenvalue weighted by Gasteiger charge is 2.44. The summed E-state index contributed by atoms with van der Waals surface area (Å²) >= 11 is 3.60. The van der Waals surface area contributed by atoms with Crippen molar-refractivity contribution >= 4 is 21.6 Å². The van der Waals surface area contributed by atoms with Crippen LogP contribution in [0.4, 0.5) is 10.1 Å². The van der Waals surface area contributed by atoms with E-state index in [4.69, 9.17) is 0 Å². The fraction of sp³-hybridized carbons (Fsp3) is 0.350. The van der Waals surface area contributed by atoms with Gasteiger partial charge in [0.2, 0.25) is 5.95 Å². The Labute approximate surface area is 165 Å². The van der Waals surface area contributed by atoms with Crippen molar-refractivity contribution in [1.29, 1.82) is 0 Å². The Morgan fingerprint density at radius 1 is 0.963 bits per heavy atom. The van der Waals surface area contributed by atoms with Crippen LogP contribution in [0.5, 0.6) is 0 Å². The molecule has 1 saturated heterocycles. The number of aromatic nitrogens is 4. The van der Waals surface area contributed by atoms with E-state index in [9.17, 15) is 4.39 Å². The van der Waals surface area contributed by atoms with Gasteiger partial charge >= 0.3 is 0 Å². The summed E-state index contributed by atoms with van der Waals surface area (Å²) in [6.45, 7) is 2.13. The molecule has 1 aliphatic carbocycles. The minimum Gasteiger partial charge on any atom is -0.370 e. The van der Waals surface area contributed by atoms with Crippen LogP contribution >= 0.6 is 15.9 Å². The van der Waals surface area contributed by atoms with E-state index in [0.717, 1.165) is 28.9 Å². The van der Waals surface area contributed by atoms with Crippen LogP contribution < -0.4 is 4.90 Å². The molecule has 0 unspecified atom stereocenters. The zero-order valence-corrected chi connectivity index (χ0v) is 16.4. The molecule has 2 aromatic heterocycles. The van der Waals surface area contributed by atoms with E-state index in [1.54, 1.807) is 23.0 Å². The first-order valence-electron chi connectivity index (χ1n) is 9.22. The first-order chi connectivity index (χ1) is 13.1. The molecule has 1 aliphatic heterocycles. The average molecular weight is 428 g/mol. The van der Waals surface area contributed by atoms with Crippen LogP contribution in [0.2, 0.25) is 0 Å². The molecule has 0 bridgehead atoms. The van der Waals surface area contributed by atoms with E-state index in [1.807, 2.05) is 12.1 Å². The molecule has 1 saturated carbocycles. The molecule has 2 fully saturated rings. The summed E-state index contributed by atoms with van der Waals surface area (Å²) in [6.07, 6.45) is 7.10. The van der Waals surface area contributed by atoms with Crippen molar-refractivity contribution in [1.82, 2.24) is 20.0 Å². The lowest BCUT2D eigenvalue weighted by Gasteiger charge is -2.35. The summed E-state index contributed by atoms with van der Waals surface area (Å²) in [5.41, 5.74) is 3.78. The Balaban J connectivity index is 1.48. The first-order valence-corrected chi connectivity index (χ1v) is 10.0. The van der Waals surface area contributed by atoms with Crippen LogP contribution in [0, 0.1) is 11.4 Å². The molecule has 0 N–H and O–H groups in total. The second-order valence-corrected chi connectivity index (χ2v) is 8.43. The summed E-state index contributed by atoms with van der Waals surface area (Å²) in [5, 5.41) is 8.48. The summed E-state index contributed by atoms with van der Waals surface area (Å²) in [4.78, 5) is 6.34. The molecule has 1 aromatic carbocycles. The van der Waals surface area contributed by atoms with E-state index in [-0.39, 0.29) is 0 Å². The van der Waals surface area contributed by atoms with Gasteiger partial charge in [-0.05, 0) is 61.4 Å². The summed E-state index contributed by atoms with van der Waals surface area (Å²) in [5.74, 6) is -0.520. The minimum atomic E-state index is -0.520. The quantitative estimate of drug-likeness (QED) is 0.572. The van der Waals surface area contributed by atoms with Crippen LogP contribution in [0.3, 0.4) is 0 Å². The highest BCUT2D eigenvalue weighted by Crippen LogP contribution is 2.54. The fourth-order valence-corrected chi connectivity index (χ4v) is 4.24. The van der Waals surface area contributed by atoms with Gasteiger partial charge < -0.3 is 4.90 Å². The monoisotopic (exact) mass is 427 g/mol. The van der Waals surface area contributed by atoms with E-state index >= 15 is 0 Å². The number of halogens is 2. The van der Waals surface area contributed by atoms with Gasteiger partial charge in [-0.1, -0.05) is 27.2 Å². The molecule has 1 spiro atoms. The molecule has 138 valence electrons. The molecule has 3 heterocycles. The number of anilines is 1. The van der Waals surface area contributed by atoms with Gasteiger partial charge in [-0.2, -0.15) is 4.39 Å². The van der Waals surface area contributed by atoms with E-state index in [0.29, 0.717) is 16.8 Å².